The third kappa shape index (κ3) is 1.28. The number of thiophene rings is 1. The van der Waals surface area contributed by atoms with Gasteiger partial charge in [0.25, 0.3) is 0 Å². The first-order valence-corrected chi connectivity index (χ1v) is 4.89. The van der Waals surface area contributed by atoms with Crippen molar-refractivity contribution >= 4 is 33.0 Å². The van der Waals surface area contributed by atoms with Gasteiger partial charge in [-0.2, -0.15) is 0 Å². The highest BCUT2D eigenvalue weighted by Crippen LogP contribution is 2.38. The molecule has 0 bridgehead atoms. The van der Waals surface area contributed by atoms with Gasteiger partial charge < -0.3 is 4.74 Å². The van der Waals surface area contributed by atoms with Crippen LogP contribution in [-0.4, -0.2) is 7.11 Å². The highest BCUT2D eigenvalue weighted by Gasteiger charge is 2.11. The SMILES string of the molecule is COc1c(Cl)cc(F)c2ccsc12. The topological polar surface area (TPSA) is 9.23 Å². The van der Waals surface area contributed by atoms with Crippen molar-refractivity contribution in [1.82, 2.24) is 0 Å². The van der Waals surface area contributed by atoms with Crippen LogP contribution >= 0.6 is 22.9 Å². The van der Waals surface area contributed by atoms with E-state index in [0.717, 1.165) is 4.70 Å². The molecule has 0 N–H and O–H groups in total. The van der Waals surface area contributed by atoms with Crippen LogP contribution in [0.3, 0.4) is 0 Å². The van der Waals surface area contributed by atoms with Gasteiger partial charge in [0.1, 0.15) is 5.82 Å². The Morgan fingerprint density at radius 3 is 3.00 bits per heavy atom. The summed E-state index contributed by atoms with van der Waals surface area (Å²) in [5, 5.41) is 2.69. The van der Waals surface area contributed by atoms with Crippen LogP contribution in [0.5, 0.6) is 5.75 Å². The van der Waals surface area contributed by atoms with Crippen LogP contribution in [0.1, 0.15) is 0 Å². The van der Waals surface area contributed by atoms with Crippen molar-refractivity contribution in [3.8, 4) is 5.75 Å². The minimum Gasteiger partial charge on any atom is -0.494 e. The summed E-state index contributed by atoms with van der Waals surface area (Å²) in [6, 6.07) is 2.99. The highest BCUT2D eigenvalue weighted by atomic mass is 35.5. The third-order valence-corrected chi connectivity index (χ3v) is 3.00. The average molecular weight is 217 g/mol. The fourth-order valence-corrected chi connectivity index (χ4v) is 2.48. The van der Waals surface area contributed by atoms with E-state index in [1.54, 1.807) is 6.07 Å². The molecule has 1 aromatic heterocycles. The number of halogens is 2. The molecule has 0 aliphatic rings. The van der Waals surface area contributed by atoms with E-state index in [0.29, 0.717) is 16.2 Å². The van der Waals surface area contributed by atoms with Gasteiger partial charge in [-0.15, -0.1) is 11.3 Å². The third-order valence-electron chi connectivity index (χ3n) is 1.80. The van der Waals surface area contributed by atoms with Gasteiger partial charge in [-0.05, 0) is 17.5 Å². The van der Waals surface area contributed by atoms with Gasteiger partial charge in [0.05, 0.1) is 16.8 Å². The fraction of sp³-hybridized carbons (Fsp3) is 0.111. The predicted molar refractivity (Wildman–Crippen MR) is 53.3 cm³/mol. The van der Waals surface area contributed by atoms with Gasteiger partial charge in [-0.1, -0.05) is 11.6 Å². The first kappa shape index (κ1) is 8.78. The van der Waals surface area contributed by atoms with Crippen molar-refractivity contribution < 1.29 is 9.13 Å². The Balaban J connectivity index is 2.88. The predicted octanol–water partition coefficient (Wildman–Crippen LogP) is 3.70. The molecule has 0 fully saturated rings. The van der Waals surface area contributed by atoms with Crippen LogP contribution in [0, 0.1) is 5.82 Å². The zero-order chi connectivity index (χ0) is 9.42. The first-order chi connectivity index (χ1) is 6.24. The van der Waals surface area contributed by atoms with Crippen LogP contribution in [0.15, 0.2) is 17.5 Å². The largest absolute Gasteiger partial charge is 0.494 e. The molecule has 0 aliphatic carbocycles. The Morgan fingerprint density at radius 2 is 2.31 bits per heavy atom. The molecular formula is C9H6ClFOS. The summed E-state index contributed by atoms with van der Waals surface area (Å²) < 4.78 is 19.1. The summed E-state index contributed by atoms with van der Waals surface area (Å²) in [5.74, 6) is 0.245. The van der Waals surface area contributed by atoms with Gasteiger partial charge in [-0.3, -0.25) is 0 Å². The van der Waals surface area contributed by atoms with E-state index in [4.69, 9.17) is 16.3 Å². The molecule has 0 saturated heterocycles. The van der Waals surface area contributed by atoms with Gasteiger partial charge in [0.2, 0.25) is 0 Å². The molecule has 2 rings (SSSR count). The lowest BCUT2D eigenvalue weighted by Crippen LogP contribution is -1.86. The summed E-state index contributed by atoms with van der Waals surface area (Å²) in [4.78, 5) is 0. The van der Waals surface area contributed by atoms with E-state index in [1.807, 2.05) is 5.38 Å². The molecule has 1 heterocycles. The summed E-state index contributed by atoms with van der Waals surface area (Å²) in [6.45, 7) is 0. The number of hydrogen-bond donors (Lipinski definition) is 0. The maximum atomic E-state index is 13.3. The monoisotopic (exact) mass is 216 g/mol. The smallest absolute Gasteiger partial charge is 0.155 e. The number of methoxy groups -OCH3 is 1. The Hall–Kier alpha value is -0.800. The van der Waals surface area contributed by atoms with Crippen molar-refractivity contribution in [2.24, 2.45) is 0 Å². The molecule has 4 heteroatoms. The number of rotatable bonds is 1. The first-order valence-electron chi connectivity index (χ1n) is 3.63. The minimum atomic E-state index is -0.304. The fourth-order valence-electron chi connectivity index (χ4n) is 1.23. The second-order valence-electron chi connectivity index (χ2n) is 2.54. The van der Waals surface area contributed by atoms with Crippen LogP contribution in [-0.2, 0) is 0 Å². The van der Waals surface area contributed by atoms with Gasteiger partial charge in [0, 0.05) is 5.39 Å². The summed E-state index contributed by atoms with van der Waals surface area (Å²) in [5.41, 5.74) is 0. The van der Waals surface area contributed by atoms with Crippen molar-refractivity contribution in [3.63, 3.8) is 0 Å². The maximum absolute atomic E-state index is 13.3. The van der Waals surface area contributed by atoms with Crippen LogP contribution < -0.4 is 4.74 Å². The van der Waals surface area contributed by atoms with E-state index < -0.39 is 0 Å². The Labute approximate surface area is 83.7 Å². The Bertz CT molecular complexity index is 452. The van der Waals surface area contributed by atoms with Crippen LogP contribution in [0.25, 0.3) is 10.1 Å². The van der Waals surface area contributed by atoms with Crippen molar-refractivity contribution in [2.75, 3.05) is 7.11 Å². The zero-order valence-corrected chi connectivity index (χ0v) is 8.38. The van der Waals surface area contributed by atoms with Crippen LogP contribution in [0.2, 0.25) is 5.02 Å². The van der Waals surface area contributed by atoms with E-state index in [2.05, 4.69) is 0 Å². The Kier molecular flexibility index (Phi) is 2.14. The molecule has 2 aromatic rings. The highest BCUT2D eigenvalue weighted by molar-refractivity contribution is 7.17. The maximum Gasteiger partial charge on any atom is 0.155 e. The lowest BCUT2D eigenvalue weighted by atomic mass is 10.2. The molecule has 0 spiro atoms. The lowest BCUT2D eigenvalue weighted by Gasteiger charge is -2.04. The summed E-state index contributed by atoms with van der Waals surface area (Å²) in [7, 11) is 1.53. The molecule has 0 saturated carbocycles. The Morgan fingerprint density at radius 1 is 1.54 bits per heavy atom. The zero-order valence-electron chi connectivity index (χ0n) is 6.80. The van der Waals surface area contributed by atoms with Crippen LogP contribution in [0.4, 0.5) is 4.39 Å². The molecule has 13 heavy (non-hydrogen) atoms. The van der Waals surface area contributed by atoms with E-state index in [1.165, 1.54) is 24.5 Å². The molecular weight excluding hydrogens is 211 g/mol. The second-order valence-corrected chi connectivity index (χ2v) is 3.86. The molecule has 1 nitrogen and oxygen atoms in total. The van der Waals surface area contributed by atoms with Gasteiger partial charge >= 0.3 is 0 Å². The van der Waals surface area contributed by atoms with E-state index >= 15 is 0 Å². The lowest BCUT2D eigenvalue weighted by molar-refractivity contribution is 0.420. The molecule has 0 aliphatic heterocycles. The number of fused-ring (bicyclic) bond motifs is 1. The summed E-state index contributed by atoms with van der Waals surface area (Å²) >= 11 is 7.22. The molecule has 0 amide bonds. The number of benzene rings is 1. The second kappa shape index (κ2) is 3.16. The van der Waals surface area contributed by atoms with Gasteiger partial charge in [0.15, 0.2) is 5.75 Å². The normalized spacial score (nSPS) is 10.7. The average Bonchev–Trinajstić information content (AvgIpc) is 2.53. The number of hydrogen-bond acceptors (Lipinski definition) is 2. The quantitative estimate of drug-likeness (QED) is 0.706. The van der Waals surface area contributed by atoms with E-state index in [-0.39, 0.29) is 5.82 Å². The van der Waals surface area contributed by atoms with E-state index in [9.17, 15) is 4.39 Å². The van der Waals surface area contributed by atoms with Crippen molar-refractivity contribution in [3.05, 3.63) is 28.4 Å². The molecule has 0 atom stereocenters. The minimum absolute atomic E-state index is 0.304. The summed E-state index contributed by atoms with van der Waals surface area (Å²) in [6.07, 6.45) is 0. The molecule has 0 radical (unpaired) electrons. The number of ether oxygens (including phenoxy) is 1. The van der Waals surface area contributed by atoms with Crippen molar-refractivity contribution in [1.29, 1.82) is 0 Å². The molecule has 1 aromatic carbocycles. The standard InChI is InChI=1S/C9H6ClFOS/c1-12-8-6(10)4-7(11)5-2-3-13-9(5)8/h2-4H,1H3. The van der Waals surface area contributed by atoms with Gasteiger partial charge in [-0.25, -0.2) is 4.39 Å². The van der Waals surface area contributed by atoms with Crippen molar-refractivity contribution in [2.45, 2.75) is 0 Å². The molecule has 0 unspecified atom stereocenters. The molecule has 68 valence electrons.